The molecule has 7 nitrogen and oxygen atoms in total. The van der Waals surface area contributed by atoms with Crippen LogP contribution in [0.25, 0.3) is 10.9 Å². The van der Waals surface area contributed by atoms with Crippen molar-refractivity contribution in [3.8, 4) is 0 Å². The number of hydrogen-bond donors (Lipinski definition) is 4. The van der Waals surface area contributed by atoms with Crippen LogP contribution in [0.3, 0.4) is 0 Å². The van der Waals surface area contributed by atoms with E-state index in [1.165, 1.54) is 6.92 Å². The van der Waals surface area contributed by atoms with E-state index in [1.54, 1.807) is 6.20 Å². The van der Waals surface area contributed by atoms with Gasteiger partial charge >= 0.3 is 0 Å². The van der Waals surface area contributed by atoms with Crippen LogP contribution in [0.15, 0.2) is 30.5 Å². The van der Waals surface area contributed by atoms with Crippen LogP contribution in [0.2, 0.25) is 0 Å². The molecule has 0 spiro atoms. The largest absolute Gasteiger partial charge is 0.368 e. The number of carbonyl (C=O) groups excluding carboxylic acids is 3. The number of H-pyrrole nitrogens is 1. The molecule has 7 heteroatoms. The fraction of sp³-hybridized carbons (Fsp3) is 0.267. The number of nitrogens with one attached hydrogen (secondary N) is 3. The Hall–Kier alpha value is -2.83. The van der Waals surface area contributed by atoms with Crippen LogP contribution in [-0.4, -0.2) is 35.3 Å². The van der Waals surface area contributed by atoms with Crippen LogP contribution < -0.4 is 16.4 Å². The SMILES string of the molecule is CC(=O)N[C@@H](Cc1c[nH]c2ccccc12)C(=O)NCC(N)=O. The van der Waals surface area contributed by atoms with Crippen LogP contribution in [0, 0.1) is 0 Å². The molecule has 0 radical (unpaired) electrons. The second-order valence-electron chi connectivity index (χ2n) is 5.00. The van der Waals surface area contributed by atoms with Gasteiger partial charge in [0.05, 0.1) is 6.54 Å². The van der Waals surface area contributed by atoms with E-state index in [9.17, 15) is 14.4 Å². The molecule has 0 aliphatic rings. The van der Waals surface area contributed by atoms with Gasteiger partial charge in [-0.25, -0.2) is 0 Å². The molecule has 1 atom stereocenters. The third-order valence-electron chi connectivity index (χ3n) is 3.23. The standard InChI is InChI=1S/C15H18N4O3/c1-9(20)19-13(15(22)18-8-14(16)21)6-10-7-17-12-5-3-2-4-11(10)12/h2-5,7,13,17H,6,8H2,1H3,(H2,16,21)(H,18,22)(H,19,20)/t13-/m0/s1. The molecule has 0 saturated carbocycles. The lowest BCUT2D eigenvalue weighted by Gasteiger charge is -2.16. The number of rotatable bonds is 6. The monoisotopic (exact) mass is 302 g/mol. The minimum absolute atomic E-state index is 0.261. The van der Waals surface area contributed by atoms with Crippen molar-refractivity contribution in [3.63, 3.8) is 0 Å². The number of benzene rings is 1. The van der Waals surface area contributed by atoms with E-state index in [0.717, 1.165) is 16.5 Å². The Morgan fingerprint density at radius 3 is 2.68 bits per heavy atom. The summed E-state index contributed by atoms with van der Waals surface area (Å²) >= 11 is 0. The van der Waals surface area contributed by atoms with Crippen molar-refractivity contribution in [2.45, 2.75) is 19.4 Å². The topological polar surface area (TPSA) is 117 Å². The molecule has 0 saturated heterocycles. The first kappa shape index (κ1) is 15.6. The fourth-order valence-corrected chi connectivity index (χ4v) is 2.27. The molecule has 3 amide bonds. The van der Waals surface area contributed by atoms with Gasteiger partial charge in [-0.1, -0.05) is 18.2 Å². The highest BCUT2D eigenvalue weighted by molar-refractivity contribution is 5.91. The third-order valence-corrected chi connectivity index (χ3v) is 3.23. The first-order valence-corrected chi connectivity index (χ1v) is 6.85. The zero-order valence-corrected chi connectivity index (χ0v) is 12.2. The molecular weight excluding hydrogens is 284 g/mol. The molecule has 116 valence electrons. The summed E-state index contributed by atoms with van der Waals surface area (Å²) in [6, 6.07) is 6.91. The zero-order valence-electron chi connectivity index (χ0n) is 12.2. The molecule has 0 aliphatic heterocycles. The highest BCUT2D eigenvalue weighted by Gasteiger charge is 2.21. The van der Waals surface area contributed by atoms with Crippen molar-refractivity contribution in [1.82, 2.24) is 15.6 Å². The van der Waals surface area contributed by atoms with E-state index < -0.39 is 17.9 Å². The highest BCUT2D eigenvalue weighted by Crippen LogP contribution is 2.19. The van der Waals surface area contributed by atoms with Crippen LogP contribution >= 0.6 is 0 Å². The highest BCUT2D eigenvalue weighted by atomic mass is 16.2. The van der Waals surface area contributed by atoms with Crippen molar-refractivity contribution in [2.24, 2.45) is 5.73 Å². The Kier molecular flexibility index (Phi) is 4.77. The summed E-state index contributed by atoms with van der Waals surface area (Å²) in [4.78, 5) is 37.3. The first-order chi connectivity index (χ1) is 10.5. The molecule has 0 bridgehead atoms. The summed E-state index contributed by atoms with van der Waals surface area (Å²) in [5.41, 5.74) is 6.87. The van der Waals surface area contributed by atoms with Crippen LogP contribution in [0.5, 0.6) is 0 Å². The number of nitrogens with two attached hydrogens (primary N) is 1. The van der Waals surface area contributed by atoms with Crippen molar-refractivity contribution >= 4 is 28.6 Å². The maximum Gasteiger partial charge on any atom is 0.243 e. The van der Waals surface area contributed by atoms with E-state index in [0.29, 0.717) is 6.42 Å². The third kappa shape index (κ3) is 3.85. The van der Waals surface area contributed by atoms with E-state index in [2.05, 4.69) is 15.6 Å². The van der Waals surface area contributed by atoms with Gasteiger partial charge in [-0.05, 0) is 11.6 Å². The number of carbonyl (C=O) groups is 3. The average molecular weight is 302 g/mol. The smallest absolute Gasteiger partial charge is 0.243 e. The first-order valence-electron chi connectivity index (χ1n) is 6.85. The summed E-state index contributed by atoms with van der Waals surface area (Å²) in [7, 11) is 0. The maximum absolute atomic E-state index is 12.1. The summed E-state index contributed by atoms with van der Waals surface area (Å²) in [6.07, 6.45) is 2.12. The Morgan fingerprint density at radius 1 is 1.27 bits per heavy atom. The second-order valence-corrected chi connectivity index (χ2v) is 5.00. The van der Waals surface area contributed by atoms with Gasteiger partial charge in [0.1, 0.15) is 6.04 Å². The van der Waals surface area contributed by atoms with Gasteiger partial charge in [0, 0.05) is 30.4 Å². The Morgan fingerprint density at radius 2 is 2.00 bits per heavy atom. The molecule has 5 N–H and O–H groups in total. The summed E-state index contributed by atoms with van der Waals surface area (Å²) < 4.78 is 0. The minimum Gasteiger partial charge on any atom is -0.368 e. The molecule has 2 rings (SSSR count). The van der Waals surface area contributed by atoms with Gasteiger partial charge in [0.15, 0.2) is 0 Å². The molecule has 1 heterocycles. The van der Waals surface area contributed by atoms with E-state index >= 15 is 0 Å². The van der Waals surface area contributed by atoms with Crippen molar-refractivity contribution < 1.29 is 14.4 Å². The van der Waals surface area contributed by atoms with Crippen LogP contribution in [0.1, 0.15) is 12.5 Å². The molecule has 0 fully saturated rings. The van der Waals surface area contributed by atoms with Gasteiger partial charge in [-0.15, -0.1) is 0 Å². The molecular formula is C15H18N4O3. The fourth-order valence-electron chi connectivity index (χ4n) is 2.27. The Balaban J connectivity index is 2.17. The van der Waals surface area contributed by atoms with Crippen LogP contribution in [0.4, 0.5) is 0 Å². The summed E-state index contributed by atoms with van der Waals surface area (Å²) in [5, 5.41) is 5.99. The average Bonchev–Trinajstić information content (AvgIpc) is 2.87. The number of amides is 3. The Bertz CT molecular complexity index is 708. The molecule has 0 unspecified atom stereocenters. The molecule has 1 aromatic carbocycles. The number of aromatic nitrogens is 1. The minimum atomic E-state index is -0.768. The molecule has 22 heavy (non-hydrogen) atoms. The maximum atomic E-state index is 12.1. The van der Waals surface area contributed by atoms with Gasteiger partial charge in [-0.3, -0.25) is 14.4 Å². The summed E-state index contributed by atoms with van der Waals surface area (Å²) in [6.45, 7) is 1.08. The number of fused-ring (bicyclic) bond motifs is 1. The van der Waals surface area contributed by atoms with E-state index in [-0.39, 0.29) is 12.5 Å². The molecule has 0 aliphatic carbocycles. The quantitative estimate of drug-likeness (QED) is 0.592. The number of para-hydroxylation sites is 1. The lowest BCUT2D eigenvalue weighted by Crippen LogP contribution is -2.49. The van der Waals surface area contributed by atoms with Gasteiger partial charge in [0.25, 0.3) is 0 Å². The number of hydrogen-bond acceptors (Lipinski definition) is 3. The second kappa shape index (κ2) is 6.75. The number of aromatic amines is 1. The molecule has 2 aromatic rings. The zero-order chi connectivity index (χ0) is 16.1. The van der Waals surface area contributed by atoms with Crippen molar-refractivity contribution in [2.75, 3.05) is 6.54 Å². The van der Waals surface area contributed by atoms with Gasteiger partial charge in [-0.2, -0.15) is 0 Å². The van der Waals surface area contributed by atoms with Gasteiger partial charge < -0.3 is 21.4 Å². The summed E-state index contributed by atoms with van der Waals surface area (Å²) in [5.74, 6) is -1.40. The van der Waals surface area contributed by atoms with Crippen molar-refractivity contribution in [3.05, 3.63) is 36.0 Å². The Labute approximate surface area is 127 Å². The normalized spacial score (nSPS) is 11.9. The predicted molar refractivity (Wildman–Crippen MR) is 81.8 cm³/mol. The lowest BCUT2D eigenvalue weighted by molar-refractivity contribution is -0.129. The van der Waals surface area contributed by atoms with E-state index in [1.807, 2.05) is 24.3 Å². The van der Waals surface area contributed by atoms with E-state index in [4.69, 9.17) is 5.73 Å². The van der Waals surface area contributed by atoms with Crippen LogP contribution in [-0.2, 0) is 20.8 Å². The number of primary amides is 1. The van der Waals surface area contributed by atoms with Gasteiger partial charge in [0.2, 0.25) is 17.7 Å². The predicted octanol–water partition coefficient (Wildman–Crippen LogP) is -0.183. The lowest BCUT2D eigenvalue weighted by atomic mass is 10.0. The molecule has 1 aromatic heterocycles. The van der Waals surface area contributed by atoms with Crippen molar-refractivity contribution in [1.29, 1.82) is 0 Å².